The largest absolute Gasteiger partial charge is 0.378 e. The van der Waals surface area contributed by atoms with E-state index in [0.717, 1.165) is 45.6 Å². The molecule has 2 aliphatic heterocycles. The molecule has 2 unspecified atom stereocenters. The van der Waals surface area contributed by atoms with Gasteiger partial charge in [0.15, 0.2) is 0 Å². The van der Waals surface area contributed by atoms with Gasteiger partial charge in [-0.15, -0.1) is 0 Å². The lowest BCUT2D eigenvalue weighted by atomic mass is 9.85. The third-order valence-corrected chi connectivity index (χ3v) is 3.00. The number of rotatable bonds is 1. The predicted octanol–water partition coefficient (Wildman–Crippen LogP) is 0.531. The standard InChI is InChI=1S/C9H17NO2/c10-6-8-1-3-12-9(5-8)2-4-11-7-9/h8H,1-7,10H2. The molecule has 12 heavy (non-hydrogen) atoms. The van der Waals surface area contributed by atoms with E-state index in [1.54, 1.807) is 0 Å². The molecule has 0 amide bonds. The van der Waals surface area contributed by atoms with Crippen molar-refractivity contribution in [2.24, 2.45) is 11.7 Å². The van der Waals surface area contributed by atoms with Crippen molar-refractivity contribution >= 4 is 0 Å². The molecule has 0 aromatic heterocycles. The number of hydrogen-bond acceptors (Lipinski definition) is 3. The summed E-state index contributed by atoms with van der Waals surface area (Å²) in [6.07, 6.45) is 3.28. The molecule has 1 spiro atoms. The minimum atomic E-state index is 0.0439. The number of nitrogens with two attached hydrogens (primary N) is 1. The second kappa shape index (κ2) is 3.32. The van der Waals surface area contributed by atoms with Gasteiger partial charge >= 0.3 is 0 Å². The second-order valence-corrected chi connectivity index (χ2v) is 3.93. The van der Waals surface area contributed by atoms with Crippen LogP contribution in [0.15, 0.2) is 0 Å². The molecule has 0 aromatic rings. The summed E-state index contributed by atoms with van der Waals surface area (Å²) in [5.41, 5.74) is 5.70. The van der Waals surface area contributed by atoms with Crippen LogP contribution in [-0.2, 0) is 9.47 Å². The van der Waals surface area contributed by atoms with Crippen molar-refractivity contribution in [1.82, 2.24) is 0 Å². The molecule has 0 aliphatic carbocycles. The molecule has 3 heteroatoms. The molecule has 0 bridgehead atoms. The molecule has 70 valence electrons. The van der Waals surface area contributed by atoms with Gasteiger partial charge in [-0.2, -0.15) is 0 Å². The van der Waals surface area contributed by atoms with Gasteiger partial charge in [0.1, 0.15) is 0 Å². The van der Waals surface area contributed by atoms with E-state index in [4.69, 9.17) is 15.2 Å². The van der Waals surface area contributed by atoms with Gasteiger partial charge in [0.2, 0.25) is 0 Å². The van der Waals surface area contributed by atoms with E-state index in [2.05, 4.69) is 0 Å². The maximum absolute atomic E-state index is 5.78. The SMILES string of the molecule is NCC1CCOC2(CCOC2)C1. The first-order chi connectivity index (χ1) is 5.85. The van der Waals surface area contributed by atoms with Crippen LogP contribution in [0, 0.1) is 5.92 Å². The molecule has 2 heterocycles. The van der Waals surface area contributed by atoms with E-state index in [9.17, 15) is 0 Å². The number of ether oxygens (including phenoxy) is 2. The first-order valence-corrected chi connectivity index (χ1v) is 4.76. The third kappa shape index (κ3) is 1.49. The molecule has 2 N–H and O–H groups in total. The van der Waals surface area contributed by atoms with Crippen LogP contribution in [0.4, 0.5) is 0 Å². The van der Waals surface area contributed by atoms with Crippen LogP contribution in [0.3, 0.4) is 0 Å². The van der Waals surface area contributed by atoms with Crippen molar-refractivity contribution in [3.05, 3.63) is 0 Å². The summed E-state index contributed by atoms with van der Waals surface area (Å²) in [5, 5.41) is 0. The lowest BCUT2D eigenvalue weighted by Gasteiger charge is -2.36. The first-order valence-electron chi connectivity index (χ1n) is 4.76. The van der Waals surface area contributed by atoms with E-state index in [1.165, 1.54) is 0 Å². The lowest BCUT2D eigenvalue weighted by Crippen LogP contribution is -2.42. The highest BCUT2D eigenvalue weighted by Gasteiger charge is 2.40. The first kappa shape index (κ1) is 8.48. The molecular weight excluding hydrogens is 154 g/mol. The number of hydrogen-bond donors (Lipinski definition) is 1. The van der Waals surface area contributed by atoms with E-state index >= 15 is 0 Å². The van der Waals surface area contributed by atoms with Gasteiger partial charge in [0.05, 0.1) is 12.2 Å². The van der Waals surface area contributed by atoms with Crippen LogP contribution in [-0.4, -0.2) is 32.0 Å². The Balaban J connectivity index is 1.97. The minimum absolute atomic E-state index is 0.0439. The summed E-state index contributed by atoms with van der Waals surface area (Å²) in [4.78, 5) is 0. The molecule has 0 aromatic carbocycles. The molecule has 2 aliphatic rings. The molecule has 2 rings (SSSR count). The Labute approximate surface area is 73.2 Å². The Bertz CT molecular complexity index is 155. The van der Waals surface area contributed by atoms with E-state index in [0.29, 0.717) is 5.92 Å². The molecular formula is C9H17NO2. The Morgan fingerprint density at radius 1 is 1.42 bits per heavy atom. The summed E-state index contributed by atoms with van der Waals surface area (Å²) < 4.78 is 11.1. The van der Waals surface area contributed by atoms with Crippen molar-refractivity contribution in [2.45, 2.75) is 24.9 Å². The predicted molar refractivity (Wildman–Crippen MR) is 45.9 cm³/mol. The average molecular weight is 171 g/mol. The van der Waals surface area contributed by atoms with Crippen LogP contribution < -0.4 is 5.73 Å². The van der Waals surface area contributed by atoms with Gasteiger partial charge in [0.25, 0.3) is 0 Å². The summed E-state index contributed by atoms with van der Waals surface area (Å²) in [5.74, 6) is 0.653. The van der Waals surface area contributed by atoms with E-state index < -0.39 is 0 Å². The minimum Gasteiger partial charge on any atom is -0.378 e. The van der Waals surface area contributed by atoms with Gasteiger partial charge in [-0.1, -0.05) is 0 Å². The summed E-state index contributed by atoms with van der Waals surface area (Å²) in [6, 6.07) is 0. The molecule has 2 saturated heterocycles. The second-order valence-electron chi connectivity index (χ2n) is 3.93. The van der Waals surface area contributed by atoms with Crippen LogP contribution in [0.25, 0.3) is 0 Å². The Kier molecular flexibility index (Phi) is 2.35. The van der Waals surface area contributed by atoms with Crippen LogP contribution in [0.5, 0.6) is 0 Å². The smallest absolute Gasteiger partial charge is 0.0939 e. The lowest BCUT2D eigenvalue weighted by molar-refractivity contribution is -0.0963. The van der Waals surface area contributed by atoms with Crippen molar-refractivity contribution in [2.75, 3.05) is 26.4 Å². The fourth-order valence-corrected chi connectivity index (χ4v) is 2.19. The maximum Gasteiger partial charge on any atom is 0.0939 e. The summed E-state index contributed by atoms with van der Waals surface area (Å²) in [7, 11) is 0. The molecule has 0 saturated carbocycles. The van der Waals surface area contributed by atoms with Crippen molar-refractivity contribution in [3.8, 4) is 0 Å². The van der Waals surface area contributed by atoms with Gasteiger partial charge in [0, 0.05) is 19.6 Å². The zero-order valence-corrected chi connectivity index (χ0v) is 7.42. The van der Waals surface area contributed by atoms with Crippen molar-refractivity contribution in [3.63, 3.8) is 0 Å². The summed E-state index contributed by atoms with van der Waals surface area (Å²) >= 11 is 0. The highest BCUT2D eigenvalue weighted by atomic mass is 16.6. The van der Waals surface area contributed by atoms with Crippen LogP contribution in [0.2, 0.25) is 0 Å². The summed E-state index contributed by atoms with van der Waals surface area (Å²) in [6.45, 7) is 3.30. The van der Waals surface area contributed by atoms with E-state index in [1.807, 2.05) is 0 Å². The monoisotopic (exact) mass is 171 g/mol. The molecule has 3 nitrogen and oxygen atoms in total. The quantitative estimate of drug-likeness (QED) is 0.626. The average Bonchev–Trinajstić information content (AvgIpc) is 2.53. The molecule has 0 radical (unpaired) electrons. The zero-order valence-electron chi connectivity index (χ0n) is 7.42. The topological polar surface area (TPSA) is 44.5 Å². The van der Waals surface area contributed by atoms with Gasteiger partial charge < -0.3 is 15.2 Å². The highest BCUT2D eigenvalue weighted by Crippen LogP contribution is 2.35. The Morgan fingerprint density at radius 2 is 2.33 bits per heavy atom. The van der Waals surface area contributed by atoms with Crippen LogP contribution >= 0.6 is 0 Å². The van der Waals surface area contributed by atoms with Gasteiger partial charge in [-0.05, 0) is 25.3 Å². The molecule has 2 fully saturated rings. The van der Waals surface area contributed by atoms with Crippen molar-refractivity contribution in [1.29, 1.82) is 0 Å². The molecule has 2 atom stereocenters. The fraction of sp³-hybridized carbons (Fsp3) is 1.00. The van der Waals surface area contributed by atoms with E-state index in [-0.39, 0.29) is 5.60 Å². The maximum atomic E-state index is 5.78. The fourth-order valence-electron chi connectivity index (χ4n) is 2.19. The zero-order chi connectivity index (χ0) is 8.44. The highest BCUT2D eigenvalue weighted by molar-refractivity contribution is 4.90. The third-order valence-electron chi connectivity index (χ3n) is 3.00. The van der Waals surface area contributed by atoms with Crippen molar-refractivity contribution < 1.29 is 9.47 Å². The Hall–Kier alpha value is -0.120. The van der Waals surface area contributed by atoms with Crippen LogP contribution in [0.1, 0.15) is 19.3 Å². The Morgan fingerprint density at radius 3 is 3.00 bits per heavy atom. The van der Waals surface area contributed by atoms with Gasteiger partial charge in [-0.3, -0.25) is 0 Å². The normalized spacial score (nSPS) is 42.2. The van der Waals surface area contributed by atoms with Gasteiger partial charge in [-0.25, -0.2) is 0 Å².